The summed E-state index contributed by atoms with van der Waals surface area (Å²) in [7, 11) is 0. The van der Waals surface area contributed by atoms with Gasteiger partial charge in [0.15, 0.2) is 0 Å². The number of esters is 1. The molecule has 0 saturated carbocycles. The van der Waals surface area contributed by atoms with Crippen LogP contribution in [0.25, 0.3) is 0 Å². The lowest BCUT2D eigenvalue weighted by Gasteiger charge is -2.15. The quantitative estimate of drug-likeness (QED) is 0.184. The fraction of sp³-hybridized carbons (Fsp3) is 0.864. The first kappa shape index (κ1) is 23.2. The maximum Gasteiger partial charge on any atom is 0.312 e. The van der Waals surface area contributed by atoms with E-state index in [0.29, 0.717) is 18.4 Å². The highest BCUT2D eigenvalue weighted by molar-refractivity contribution is 5.74. The van der Waals surface area contributed by atoms with E-state index in [1.54, 1.807) is 0 Å². The largest absolute Gasteiger partial charge is 0.465 e. The minimum absolute atomic E-state index is 0.0327. The Bertz CT molecular complexity index is 320. The van der Waals surface area contributed by atoms with Crippen LogP contribution in [0.15, 0.2) is 12.2 Å². The first-order valence-corrected chi connectivity index (χ1v) is 10.4. The molecule has 0 aliphatic rings. The van der Waals surface area contributed by atoms with Crippen LogP contribution >= 0.6 is 0 Å². The van der Waals surface area contributed by atoms with Gasteiger partial charge in [-0.15, -0.1) is 0 Å². The summed E-state index contributed by atoms with van der Waals surface area (Å²) in [6.07, 6.45) is 16.6. The molecule has 2 heteroatoms. The smallest absolute Gasteiger partial charge is 0.312 e. The Hall–Kier alpha value is -0.790. The average Bonchev–Trinajstić information content (AvgIpc) is 2.55. The van der Waals surface area contributed by atoms with Crippen molar-refractivity contribution in [1.82, 2.24) is 0 Å². The molecular formula is C22H42O2. The molecule has 0 aromatic heterocycles. The van der Waals surface area contributed by atoms with Gasteiger partial charge in [0.2, 0.25) is 0 Å². The Morgan fingerprint density at radius 2 is 1.42 bits per heavy atom. The van der Waals surface area contributed by atoms with E-state index in [2.05, 4.69) is 46.8 Å². The lowest BCUT2D eigenvalue weighted by molar-refractivity contribution is -0.148. The molecule has 2 unspecified atom stereocenters. The molecule has 2 nitrogen and oxygen atoms in total. The summed E-state index contributed by atoms with van der Waals surface area (Å²) in [6.45, 7) is 11.4. The van der Waals surface area contributed by atoms with Gasteiger partial charge in [-0.1, -0.05) is 98.1 Å². The molecule has 24 heavy (non-hydrogen) atoms. The molecule has 0 aliphatic carbocycles. The summed E-state index contributed by atoms with van der Waals surface area (Å²) in [5.74, 6) is 0.863. The monoisotopic (exact) mass is 338 g/mol. The second kappa shape index (κ2) is 15.7. The van der Waals surface area contributed by atoms with Gasteiger partial charge in [-0.2, -0.15) is 0 Å². The van der Waals surface area contributed by atoms with E-state index >= 15 is 0 Å². The van der Waals surface area contributed by atoms with Gasteiger partial charge >= 0.3 is 5.97 Å². The molecule has 0 spiro atoms. The molecule has 2 atom stereocenters. The average molecular weight is 339 g/mol. The van der Waals surface area contributed by atoms with Gasteiger partial charge < -0.3 is 4.74 Å². The molecule has 0 amide bonds. The molecule has 0 N–H and O–H groups in total. The van der Waals surface area contributed by atoms with Crippen molar-refractivity contribution in [1.29, 1.82) is 0 Å². The van der Waals surface area contributed by atoms with Crippen molar-refractivity contribution in [3.05, 3.63) is 12.2 Å². The maximum absolute atomic E-state index is 12.3. The maximum atomic E-state index is 12.3. The second-order valence-corrected chi connectivity index (χ2v) is 7.69. The minimum Gasteiger partial charge on any atom is -0.465 e. The number of ether oxygens (including phenoxy) is 1. The zero-order valence-corrected chi connectivity index (χ0v) is 17.0. The molecule has 0 heterocycles. The molecule has 0 radical (unpaired) electrons. The highest BCUT2D eigenvalue weighted by Gasteiger charge is 2.17. The van der Waals surface area contributed by atoms with E-state index in [1.807, 2.05) is 0 Å². The van der Waals surface area contributed by atoms with E-state index in [4.69, 9.17) is 4.74 Å². The van der Waals surface area contributed by atoms with Crippen LogP contribution in [0, 0.1) is 17.8 Å². The number of carbonyl (C=O) groups is 1. The molecule has 0 aliphatic heterocycles. The van der Waals surface area contributed by atoms with Crippen LogP contribution in [0.4, 0.5) is 0 Å². The predicted octanol–water partition coefficient (Wildman–Crippen LogP) is 6.93. The van der Waals surface area contributed by atoms with Crippen LogP contribution in [0.2, 0.25) is 0 Å². The third kappa shape index (κ3) is 13.6. The van der Waals surface area contributed by atoms with Crippen molar-refractivity contribution >= 4 is 5.97 Å². The van der Waals surface area contributed by atoms with Crippen LogP contribution in [-0.4, -0.2) is 12.6 Å². The summed E-state index contributed by atoms with van der Waals surface area (Å²) < 4.78 is 5.48. The fourth-order valence-electron chi connectivity index (χ4n) is 2.75. The van der Waals surface area contributed by atoms with Gasteiger partial charge in [-0.05, 0) is 24.7 Å². The predicted molar refractivity (Wildman–Crippen MR) is 105 cm³/mol. The van der Waals surface area contributed by atoms with Gasteiger partial charge in [0.05, 0.1) is 12.5 Å². The summed E-state index contributed by atoms with van der Waals surface area (Å²) in [5, 5.41) is 0. The lowest BCUT2D eigenvalue weighted by Crippen LogP contribution is -2.18. The number of hydrogen-bond acceptors (Lipinski definition) is 2. The van der Waals surface area contributed by atoms with Crippen LogP contribution in [-0.2, 0) is 9.53 Å². The van der Waals surface area contributed by atoms with E-state index in [-0.39, 0.29) is 11.9 Å². The highest BCUT2D eigenvalue weighted by atomic mass is 16.5. The van der Waals surface area contributed by atoms with Crippen LogP contribution in [0.5, 0.6) is 0 Å². The molecule has 0 rings (SSSR count). The van der Waals surface area contributed by atoms with Crippen LogP contribution in [0.1, 0.15) is 98.8 Å². The Morgan fingerprint density at radius 3 is 1.96 bits per heavy atom. The third-order valence-electron chi connectivity index (χ3n) is 4.42. The minimum atomic E-state index is -0.0568. The van der Waals surface area contributed by atoms with E-state index in [9.17, 15) is 4.79 Å². The first-order chi connectivity index (χ1) is 11.5. The Labute approximate surface area is 151 Å². The molecule has 0 bridgehead atoms. The topological polar surface area (TPSA) is 26.3 Å². The Morgan fingerprint density at radius 1 is 0.833 bits per heavy atom. The van der Waals surface area contributed by atoms with Crippen molar-refractivity contribution in [2.45, 2.75) is 98.8 Å². The van der Waals surface area contributed by atoms with Crippen molar-refractivity contribution in [3.63, 3.8) is 0 Å². The third-order valence-corrected chi connectivity index (χ3v) is 4.42. The Kier molecular flexibility index (Phi) is 15.2. The zero-order chi connectivity index (χ0) is 18.2. The van der Waals surface area contributed by atoms with Crippen LogP contribution < -0.4 is 0 Å². The SMILES string of the molecule is CCCCCCC(C)/C=C\C(CCCCCC)C(=O)OCC(C)C. The standard InChI is InChI=1S/C22H42O2/c1-6-8-10-12-14-20(5)16-17-21(15-13-11-9-7-2)22(23)24-18-19(3)4/h16-17,19-21H,6-15,18H2,1-5H3/b17-16-. The number of rotatable bonds is 15. The van der Waals surface area contributed by atoms with Gasteiger partial charge in [0, 0.05) is 0 Å². The Balaban J connectivity index is 4.38. The van der Waals surface area contributed by atoms with Gasteiger partial charge in [-0.25, -0.2) is 0 Å². The van der Waals surface area contributed by atoms with Crippen molar-refractivity contribution < 1.29 is 9.53 Å². The normalized spacial score (nSPS) is 14.2. The summed E-state index contributed by atoms with van der Waals surface area (Å²) >= 11 is 0. The number of unbranched alkanes of at least 4 members (excludes halogenated alkanes) is 6. The molecule has 0 aromatic carbocycles. The molecular weight excluding hydrogens is 296 g/mol. The second-order valence-electron chi connectivity index (χ2n) is 7.69. The molecule has 0 fully saturated rings. The number of carbonyl (C=O) groups excluding carboxylic acids is 1. The summed E-state index contributed by atoms with van der Waals surface area (Å²) in [4.78, 5) is 12.3. The van der Waals surface area contributed by atoms with E-state index < -0.39 is 0 Å². The number of allylic oxidation sites excluding steroid dienone is 1. The van der Waals surface area contributed by atoms with Gasteiger partial charge in [0.1, 0.15) is 0 Å². The van der Waals surface area contributed by atoms with E-state index in [0.717, 1.165) is 12.8 Å². The molecule has 0 aromatic rings. The van der Waals surface area contributed by atoms with Crippen molar-refractivity contribution in [2.24, 2.45) is 17.8 Å². The van der Waals surface area contributed by atoms with Crippen LogP contribution in [0.3, 0.4) is 0 Å². The summed E-state index contributed by atoms with van der Waals surface area (Å²) in [5.41, 5.74) is 0. The first-order valence-electron chi connectivity index (χ1n) is 10.4. The summed E-state index contributed by atoms with van der Waals surface area (Å²) in [6, 6.07) is 0. The van der Waals surface area contributed by atoms with Crippen molar-refractivity contribution in [2.75, 3.05) is 6.61 Å². The highest BCUT2D eigenvalue weighted by Crippen LogP contribution is 2.18. The molecule has 0 saturated heterocycles. The number of hydrogen-bond donors (Lipinski definition) is 0. The van der Waals surface area contributed by atoms with Gasteiger partial charge in [-0.3, -0.25) is 4.79 Å². The zero-order valence-electron chi connectivity index (χ0n) is 17.0. The van der Waals surface area contributed by atoms with E-state index in [1.165, 1.54) is 51.4 Å². The van der Waals surface area contributed by atoms with Crippen molar-refractivity contribution in [3.8, 4) is 0 Å². The lowest BCUT2D eigenvalue weighted by atomic mass is 9.96. The van der Waals surface area contributed by atoms with Gasteiger partial charge in [0.25, 0.3) is 0 Å². The molecule has 142 valence electrons. The fourth-order valence-corrected chi connectivity index (χ4v) is 2.75.